The Morgan fingerprint density at radius 1 is 1.08 bits per heavy atom. The second kappa shape index (κ2) is 8.60. The molecule has 0 aliphatic carbocycles. The van der Waals surface area contributed by atoms with Crippen LogP contribution in [0.15, 0.2) is 48.5 Å². The summed E-state index contributed by atoms with van der Waals surface area (Å²) in [7, 11) is 1.65. The fourth-order valence-corrected chi connectivity index (χ4v) is 2.35. The molecule has 0 aliphatic heterocycles. The van der Waals surface area contributed by atoms with E-state index < -0.39 is 0 Å². The van der Waals surface area contributed by atoms with Crippen LogP contribution in [0.5, 0.6) is 5.75 Å². The number of amides is 1. The Bertz CT molecular complexity index is 652. The van der Waals surface area contributed by atoms with E-state index in [1.165, 1.54) is 0 Å². The van der Waals surface area contributed by atoms with Crippen molar-refractivity contribution in [3.8, 4) is 5.75 Å². The van der Waals surface area contributed by atoms with E-state index >= 15 is 0 Å². The molecule has 1 amide bonds. The Balaban J connectivity index is 0.00000288. The molecule has 0 aliphatic rings. The number of anilines is 1. The molecule has 5 heteroatoms. The molecular weight excluding hydrogens is 324 g/mol. The van der Waals surface area contributed by atoms with Crippen molar-refractivity contribution in [2.75, 3.05) is 19.4 Å². The number of carbonyl (C=O) groups is 1. The molecule has 0 spiro atoms. The van der Waals surface area contributed by atoms with E-state index in [-0.39, 0.29) is 23.7 Å². The first-order chi connectivity index (χ1) is 10.9. The van der Waals surface area contributed by atoms with Crippen LogP contribution in [0.25, 0.3) is 0 Å². The van der Waals surface area contributed by atoms with Crippen molar-refractivity contribution in [1.29, 1.82) is 0 Å². The van der Waals surface area contributed by atoms with Gasteiger partial charge in [-0.25, -0.2) is 0 Å². The van der Waals surface area contributed by atoms with Gasteiger partial charge >= 0.3 is 0 Å². The smallest absolute Gasteiger partial charge is 0.224 e. The maximum absolute atomic E-state index is 12.1. The molecule has 4 nitrogen and oxygen atoms in total. The lowest BCUT2D eigenvalue weighted by Gasteiger charge is -2.26. The number of hydrogen-bond donors (Lipinski definition) is 2. The Labute approximate surface area is 149 Å². The normalized spacial score (nSPS) is 10.6. The summed E-state index contributed by atoms with van der Waals surface area (Å²) in [6.07, 6.45) is 0.360. The van der Waals surface area contributed by atoms with Crippen LogP contribution in [-0.4, -0.2) is 19.6 Å². The number of nitrogens with one attached hydrogen (secondary N) is 1. The largest absolute Gasteiger partial charge is 0.497 e. The lowest BCUT2D eigenvalue weighted by molar-refractivity contribution is -0.120. The number of carbonyl (C=O) groups excluding carboxylic acids is 1. The summed E-state index contributed by atoms with van der Waals surface area (Å²) in [5.41, 5.74) is 8.32. The maximum atomic E-state index is 12.1. The van der Waals surface area contributed by atoms with Gasteiger partial charge in [-0.15, -0.1) is 12.4 Å². The molecule has 2 aromatic rings. The molecule has 0 aromatic heterocycles. The van der Waals surface area contributed by atoms with Gasteiger partial charge in [0.2, 0.25) is 5.91 Å². The van der Waals surface area contributed by atoms with E-state index in [1.807, 2.05) is 48.5 Å². The quantitative estimate of drug-likeness (QED) is 0.787. The minimum atomic E-state index is -0.150. The van der Waals surface area contributed by atoms with Gasteiger partial charge in [0.25, 0.3) is 0 Å². The summed E-state index contributed by atoms with van der Waals surface area (Å²) >= 11 is 0. The van der Waals surface area contributed by atoms with E-state index in [9.17, 15) is 4.79 Å². The predicted octanol–water partition coefficient (Wildman–Crippen LogP) is 3.34. The van der Waals surface area contributed by atoms with Crippen LogP contribution in [0.3, 0.4) is 0 Å². The number of rotatable bonds is 6. The van der Waals surface area contributed by atoms with E-state index in [1.54, 1.807) is 7.11 Å². The molecule has 0 unspecified atom stereocenters. The Morgan fingerprint density at radius 2 is 1.67 bits per heavy atom. The third-order valence-corrected chi connectivity index (χ3v) is 3.94. The van der Waals surface area contributed by atoms with Gasteiger partial charge in [-0.3, -0.25) is 4.79 Å². The number of methoxy groups -OCH3 is 1. The van der Waals surface area contributed by atoms with Crippen LogP contribution in [0.1, 0.15) is 25.0 Å². The van der Waals surface area contributed by atoms with Gasteiger partial charge in [-0.05, 0) is 35.4 Å². The van der Waals surface area contributed by atoms with Gasteiger partial charge in [0.05, 0.1) is 13.5 Å². The Morgan fingerprint density at radius 3 is 2.21 bits per heavy atom. The molecule has 0 saturated carbocycles. The minimum Gasteiger partial charge on any atom is -0.497 e. The summed E-state index contributed by atoms with van der Waals surface area (Å²) < 4.78 is 5.18. The van der Waals surface area contributed by atoms with Gasteiger partial charge in [0, 0.05) is 17.6 Å². The fourth-order valence-electron chi connectivity index (χ4n) is 2.35. The van der Waals surface area contributed by atoms with Crippen LogP contribution >= 0.6 is 12.4 Å². The van der Waals surface area contributed by atoms with Crippen molar-refractivity contribution >= 4 is 24.0 Å². The first-order valence-corrected chi connectivity index (χ1v) is 7.66. The number of ether oxygens (including phenoxy) is 1. The standard InChI is InChI=1S/C19H24N2O2.ClH/c1-19(2,15-6-10-17(23-3)11-7-15)13-21-18(22)12-14-4-8-16(20)9-5-14;/h4-11H,12-13,20H2,1-3H3,(H,21,22);1H. The van der Waals surface area contributed by atoms with E-state index in [4.69, 9.17) is 10.5 Å². The lowest BCUT2D eigenvalue weighted by atomic mass is 9.84. The third-order valence-electron chi connectivity index (χ3n) is 3.94. The van der Waals surface area contributed by atoms with Crippen LogP contribution in [0, 0.1) is 0 Å². The van der Waals surface area contributed by atoms with E-state index in [0.717, 1.165) is 16.9 Å². The molecular formula is C19H25ClN2O2. The van der Waals surface area contributed by atoms with Crippen molar-refractivity contribution in [3.63, 3.8) is 0 Å². The topological polar surface area (TPSA) is 64.3 Å². The minimum absolute atomic E-state index is 0. The summed E-state index contributed by atoms with van der Waals surface area (Å²) in [6.45, 7) is 4.80. The summed E-state index contributed by atoms with van der Waals surface area (Å²) in [6, 6.07) is 15.3. The fraction of sp³-hybridized carbons (Fsp3) is 0.316. The molecule has 0 heterocycles. The zero-order valence-electron chi connectivity index (χ0n) is 14.3. The molecule has 24 heavy (non-hydrogen) atoms. The van der Waals surface area contributed by atoms with Gasteiger partial charge in [0.1, 0.15) is 5.75 Å². The van der Waals surface area contributed by atoms with Crippen LogP contribution in [0.2, 0.25) is 0 Å². The first kappa shape index (κ1) is 19.8. The summed E-state index contributed by atoms with van der Waals surface area (Å²) in [5, 5.41) is 3.01. The van der Waals surface area contributed by atoms with Crippen molar-refractivity contribution in [2.24, 2.45) is 0 Å². The Hall–Kier alpha value is -2.20. The highest BCUT2D eigenvalue weighted by Crippen LogP contribution is 2.24. The zero-order chi connectivity index (χ0) is 16.9. The molecule has 0 fully saturated rings. The highest BCUT2D eigenvalue weighted by molar-refractivity contribution is 5.85. The number of nitrogens with two attached hydrogens (primary N) is 1. The first-order valence-electron chi connectivity index (χ1n) is 7.66. The van der Waals surface area contributed by atoms with Crippen LogP contribution in [-0.2, 0) is 16.6 Å². The monoisotopic (exact) mass is 348 g/mol. The SMILES string of the molecule is COc1ccc(C(C)(C)CNC(=O)Cc2ccc(N)cc2)cc1.Cl. The summed E-state index contributed by atoms with van der Waals surface area (Å²) in [5.74, 6) is 0.841. The maximum Gasteiger partial charge on any atom is 0.224 e. The highest BCUT2D eigenvalue weighted by atomic mass is 35.5. The van der Waals surface area contributed by atoms with Gasteiger partial charge in [-0.2, -0.15) is 0 Å². The second-order valence-corrected chi connectivity index (χ2v) is 6.31. The third kappa shape index (κ3) is 5.46. The molecule has 2 aromatic carbocycles. The van der Waals surface area contributed by atoms with Crippen molar-refractivity contribution in [3.05, 3.63) is 59.7 Å². The van der Waals surface area contributed by atoms with Crippen molar-refractivity contribution < 1.29 is 9.53 Å². The predicted molar refractivity (Wildman–Crippen MR) is 101 cm³/mol. The average Bonchev–Trinajstić information content (AvgIpc) is 2.55. The van der Waals surface area contributed by atoms with Crippen LogP contribution in [0.4, 0.5) is 5.69 Å². The molecule has 130 valence electrons. The molecule has 3 N–H and O–H groups in total. The summed E-state index contributed by atoms with van der Waals surface area (Å²) in [4.78, 5) is 12.1. The van der Waals surface area contributed by atoms with Gasteiger partial charge in [0.15, 0.2) is 0 Å². The van der Waals surface area contributed by atoms with E-state index in [2.05, 4.69) is 19.2 Å². The van der Waals surface area contributed by atoms with Crippen molar-refractivity contribution in [1.82, 2.24) is 5.32 Å². The average molecular weight is 349 g/mol. The molecule has 0 atom stereocenters. The van der Waals surface area contributed by atoms with Gasteiger partial charge < -0.3 is 15.8 Å². The van der Waals surface area contributed by atoms with Crippen LogP contribution < -0.4 is 15.8 Å². The number of halogens is 1. The zero-order valence-corrected chi connectivity index (χ0v) is 15.2. The lowest BCUT2D eigenvalue weighted by Crippen LogP contribution is -2.37. The van der Waals surface area contributed by atoms with E-state index in [0.29, 0.717) is 18.7 Å². The second-order valence-electron chi connectivity index (χ2n) is 6.31. The molecule has 0 bridgehead atoms. The van der Waals surface area contributed by atoms with Crippen molar-refractivity contribution in [2.45, 2.75) is 25.7 Å². The molecule has 0 radical (unpaired) electrons. The molecule has 0 saturated heterocycles. The Kier molecular flexibility index (Phi) is 7.11. The highest BCUT2D eigenvalue weighted by Gasteiger charge is 2.21. The number of benzene rings is 2. The number of hydrogen-bond acceptors (Lipinski definition) is 3. The van der Waals surface area contributed by atoms with Gasteiger partial charge in [-0.1, -0.05) is 38.1 Å². The number of nitrogen functional groups attached to an aromatic ring is 1. The molecule has 2 rings (SSSR count).